The van der Waals surface area contributed by atoms with Crippen LogP contribution in [-0.4, -0.2) is 49.8 Å². The minimum atomic E-state index is 0.745. The van der Waals surface area contributed by atoms with Crippen molar-refractivity contribution >= 4 is 23.0 Å². The third-order valence-electron chi connectivity index (χ3n) is 3.53. The Kier molecular flexibility index (Phi) is 5.44. The smallest absolute Gasteiger partial charge is 0.169 e. The molecule has 1 aliphatic rings. The highest BCUT2D eigenvalue weighted by Crippen LogP contribution is 2.22. The Bertz CT molecular complexity index is 510. The molecule has 0 bridgehead atoms. The van der Waals surface area contributed by atoms with E-state index in [1.165, 1.54) is 5.69 Å². The molecule has 0 amide bonds. The number of thiocarbonyl (C=S) groups is 1. The van der Waals surface area contributed by atoms with Gasteiger partial charge in [0.05, 0.1) is 7.11 Å². The fourth-order valence-electron chi connectivity index (χ4n) is 2.31. The molecule has 0 saturated carbocycles. The average Bonchev–Trinajstić information content (AvgIpc) is 2.52. The Labute approximate surface area is 132 Å². The van der Waals surface area contributed by atoms with Crippen LogP contribution in [0.5, 0.6) is 5.75 Å². The van der Waals surface area contributed by atoms with Crippen LogP contribution in [0.1, 0.15) is 6.92 Å². The first kappa shape index (κ1) is 15.6. The summed E-state index contributed by atoms with van der Waals surface area (Å²) in [6.45, 7) is 10.4. The highest BCUT2D eigenvalue weighted by atomic mass is 32.1. The molecular weight excluding hydrogens is 282 g/mol. The number of nitrogens with zero attached hydrogens (tertiary/aromatic N) is 2. The van der Waals surface area contributed by atoms with Gasteiger partial charge in [-0.05, 0) is 31.3 Å². The van der Waals surface area contributed by atoms with Gasteiger partial charge in [0.2, 0.25) is 0 Å². The van der Waals surface area contributed by atoms with E-state index in [9.17, 15) is 0 Å². The van der Waals surface area contributed by atoms with Crippen LogP contribution < -0.4 is 15.0 Å². The number of ether oxygens (including phenoxy) is 1. The molecule has 1 aromatic rings. The van der Waals surface area contributed by atoms with Crippen molar-refractivity contribution in [2.24, 2.45) is 0 Å². The van der Waals surface area contributed by atoms with Crippen LogP contribution in [0.2, 0.25) is 0 Å². The summed E-state index contributed by atoms with van der Waals surface area (Å²) in [5, 5.41) is 4.07. The minimum absolute atomic E-state index is 0.745. The van der Waals surface area contributed by atoms with Gasteiger partial charge in [-0.2, -0.15) is 0 Å². The Morgan fingerprint density at radius 1 is 1.33 bits per heavy atom. The van der Waals surface area contributed by atoms with E-state index in [4.69, 9.17) is 17.0 Å². The average molecular weight is 305 g/mol. The molecule has 1 aliphatic heterocycles. The predicted molar refractivity (Wildman–Crippen MR) is 92.2 cm³/mol. The maximum absolute atomic E-state index is 5.42. The van der Waals surface area contributed by atoms with Crippen molar-refractivity contribution in [1.82, 2.24) is 10.2 Å². The van der Waals surface area contributed by atoms with E-state index in [1.807, 2.05) is 19.1 Å². The maximum atomic E-state index is 5.42. The molecule has 1 fully saturated rings. The van der Waals surface area contributed by atoms with Crippen LogP contribution in [0.25, 0.3) is 0 Å². The fraction of sp³-hybridized carbons (Fsp3) is 0.438. The summed E-state index contributed by atoms with van der Waals surface area (Å²) in [6.07, 6.45) is 0. The van der Waals surface area contributed by atoms with Gasteiger partial charge in [-0.3, -0.25) is 0 Å². The SMILES string of the molecule is C=C(C)CNC(=S)N1CCN(c2cccc(OC)c2)CC1. The molecule has 1 aromatic carbocycles. The Morgan fingerprint density at radius 2 is 2.05 bits per heavy atom. The number of piperazine rings is 1. The zero-order valence-electron chi connectivity index (χ0n) is 12.8. The molecule has 0 spiro atoms. The van der Waals surface area contributed by atoms with Crippen molar-refractivity contribution in [3.05, 3.63) is 36.4 Å². The normalized spacial score (nSPS) is 14.8. The van der Waals surface area contributed by atoms with E-state index in [2.05, 4.69) is 33.8 Å². The second-order valence-electron chi connectivity index (χ2n) is 5.29. The molecule has 5 heteroatoms. The molecule has 21 heavy (non-hydrogen) atoms. The molecular formula is C16H23N3OS. The summed E-state index contributed by atoms with van der Waals surface area (Å²) < 4.78 is 5.28. The molecule has 0 atom stereocenters. The number of rotatable bonds is 4. The largest absolute Gasteiger partial charge is 0.497 e. The lowest BCUT2D eigenvalue weighted by atomic mass is 10.2. The third kappa shape index (κ3) is 4.36. The van der Waals surface area contributed by atoms with Crippen molar-refractivity contribution in [2.75, 3.05) is 44.7 Å². The topological polar surface area (TPSA) is 27.7 Å². The predicted octanol–water partition coefficient (Wildman–Crippen LogP) is 2.27. The van der Waals surface area contributed by atoms with Crippen LogP contribution in [0.15, 0.2) is 36.4 Å². The van der Waals surface area contributed by atoms with Crippen LogP contribution in [0, 0.1) is 0 Å². The Morgan fingerprint density at radius 3 is 2.67 bits per heavy atom. The number of hydrogen-bond acceptors (Lipinski definition) is 3. The number of anilines is 1. The van der Waals surface area contributed by atoms with Gasteiger partial charge < -0.3 is 19.9 Å². The van der Waals surface area contributed by atoms with Gasteiger partial charge in [-0.15, -0.1) is 0 Å². The van der Waals surface area contributed by atoms with E-state index in [-0.39, 0.29) is 0 Å². The third-order valence-corrected chi connectivity index (χ3v) is 3.93. The lowest BCUT2D eigenvalue weighted by Gasteiger charge is -2.37. The van der Waals surface area contributed by atoms with Crippen molar-refractivity contribution in [3.8, 4) is 5.75 Å². The molecule has 114 valence electrons. The number of methoxy groups -OCH3 is 1. The van der Waals surface area contributed by atoms with E-state index >= 15 is 0 Å². The standard InChI is InChI=1S/C16H23N3OS/c1-13(2)12-17-16(21)19-9-7-18(8-10-19)14-5-4-6-15(11-14)20-3/h4-6,11H,1,7-10,12H2,2-3H3,(H,17,21). The summed E-state index contributed by atoms with van der Waals surface area (Å²) in [4.78, 5) is 4.58. The van der Waals surface area contributed by atoms with Gasteiger partial charge in [-0.25, -0.2) is 0 Å². The molecule has 2 rings (SSSR count). The molecule has 0 aromatic heterocycles. The monoisotopic (exact) mass is 305 g/mol. The molecule has 0 aliphatic carbocycles. The second kappa shape index (κ2) is 7.31. The molecule has 0 unspecified atom stereocenters. The van der Waals surface area contributed by atoms with Crippen LogP contribution >= 0.6 is 12.2 Å². The zero-order chi connectivity index (χ0) is 15.2. The summed E-state index contributed by atoms with van der Waals surface area (Å²) in [5.41, 5.74) is 2.29. The van der Waals surface area contributed by atoms with Crippen molar-refractivity contribution < 1.29 is 4.74 Å². The molecule has 1 heterocycles. The van der Waals surface area contributed by atoms with Gasteiger partial charge in [0.25, 0.3) is 0 Å². The van der Waals surface area contributed by atoms with Crippen molar-refractivity contribution in [1.29, 1.82) is 0 Å². The Balaban J connectivity index is 1.87. The highest BCUT2D eigenvalue weighted by Gasteiger charge is 2.19. The fourth-order valence-corrected chi connectivity index (χ4v) is 2.57. The lowest BCUT2D eigenvalue weighted by molar-refractivity contribution is 0.380. The van der Waals surface area contributed by atoms with Crippen LogP contribution in [-0.2, 0) is 0 Å². The quantitative estimate of drug-likeness (QED) is 0.680. The zero-order valence-corrected chi connectivity index (χ0v) is 13.6. The van der Waals surface area contributed by atoms with E-state index in [0.717, 1.165) is 49.2 Å². The van der Waals surface area contributed by atoms with Gasteiger partial charge in [-0.1, -0.05) is 18.2 Å². The summed E-state index contributed by atoms with van der Waals surface area (Å²) in [6, 6.07) is 8.19. The van der Waals surface area contributed by atoms with Gasteiger partial charge in [0.1, 0.15) is 5.75 Å². The van der Waals surface area contributed by atoms with E-state index < -0.39 is 0 Å². The highest BCUT2D eigenvalue weighted by molar-refractivity contribution is 7.80. The number of nitrogens with one attached hydrogen (secondary N) is 1. The van der Waals surface area contributed by atoms with Gasteiger partial charge in [0.15, 0.2) is 5.11 Å². The lowest BCUT2D eigenvalue weighted by Crippen LogP contribution is -2.51. The maximum Gasteiger partial charge on any atom is 0.169 e. The molecule has 0 radical (unpaired) electrons. The van der Waals surface area contributed by atoms with Gasteiger partial charge in [0, 0.05) is 44.5 Å². The van der Waals surface area contributed by atoms with Crippen LogP contribution in [0.3, 0.4) is 0 Å². The molecule has 4 nitrogen and oxygen atoms in total. The van der Waals surface area contributed by atoms with Crippen LogP contribution in [0.4, 0.5) is 5.69 Å². The molecule has 1 N–H and O–H groups in total. The Hall–Kier alpha value is -1.75. The number of hydrogen-bond donors (Lipinski definition) is 1. The summed E-state index contributed by atoms with van der Waals surface area (Å²) in [5.74, 6) is 0.897. The molecule has 1 saturated heterocycles. The first-order chi connectivity index (χ1) is 10.1. The van der Waals surface area contributed by atoms with E-state index in [0.29, 0.717) is 0 Å². The van der Waals surface area contributed by atoms with E-state index in [1.54, 1.807) is 7.11 Å². The first-order valence-corrected chi connectivity index (χ1v) is 7.57. The van der Waals surface area contributed by atoms with Gasteiger partial charge >= 0.3 is 0 Å². The first-order valence-electron chi connectivity index (χ1n) is 7.16. The number of benzene rings is 1. The minimum Gasteiger partial charge on any atom is -0.497 e. The second-order valence-corrected chi connectivity index (χ2v) is 5.68. The summed E-state index contributed by atoms with van der Waals surface area (Å²) in [7, 11) is 1.70. The van der Waals surface area contributed by atoms with Crippen molar-refractivity contribution in [3.63, 3.8) is 0 Å². The summed E-state index contributed by atoms with van der Waals surface area (Å²) >= 11 is 5.42. The van der Waals surface area contributed by atoms with Crippen molar-refractivity contribution in [2.45, 2.75) is 6.92 Å².